The topological polar surface area (TPSA) is 53.1 Å². The van der Waals surface area contributed by atoms with Crippen LogP contribution < -0.4 is 15.5 Å². The first-order valence-electron chi connectivity index (χ1n) is 8.97. The van der Waals surface area contributed by atoms with E-state index in [2.05, 4.69) is 39.6 Å². The SMILES string of the molecule is C[C@@H]1CCCN1c1cc(C2CCNC2)cc(Nc2ccccn2)n1. The van der Waals surface area contributed by atoms with Crippen molar-refractivity contribution in [2.24, 2.45) is 0 Å². The van der Waals surface area contributed by atoms with Gasteiger partial charge in [-0.2, -0.15) is 0 Å². The Kier molecular flexibility index (Phi) is 4.34. The molecule has 2 fully saturated rings. The Hall–Kier alpha value is -2.14. The van der Waals surface area contributed by atoms with Gasteiger partial charge in [0.2, 0.25) is 0 Å². The van der Waals surface area contributed by atoms with Crippen LogP contribution in [0.15, 0.2) is 36.5 Å². The number of nitrogens with one attached hydrogen (secondary N) is 2. The smallest absolute Gasteiger partial charge is 0.134 e. The summed E-state index contributed by atoms with van der Waals surface area (Å²) in [5.41, 5.74) is 1.38. The van der Waals surface area contributed by atoms with E-state index in [0.29, 0.717) is 12.0 Å². The second-order valence-corrected chi connectivity index (χ2v) is 6.86. The number of aromatic nitrogens is 2. The molecule has 4 rings (SSSR count). The van der Waals surface area contributed by atoms with Crippen molar-refractivity contribution in [1.82, 2.24) is 15.3 Å². The Morgan fingerprint density at radius 3 is 2.88 bits per heavy atom. The second-order valence-electron chi connectivity index (χ2n) is 6.86. The van der Waals surface area contributed by atoms with E-state index in [1.807, 2.05) is 18.2 Å². The molecule has 0 radical (unpaired) electrons. The van der Waals surface area contributed by atoms with Crippen LogP contribution in [0.1, 0.15) is 37.7 Å². The molecular weight excluding hydrogens is 298 g/mol. The van der Waals surface area contributed by atoms with Crippen molar-refractivity contribution in [2.75, 3.05) is 29.9 Å². The minimum absolute atomic E-state index is 0.567. The van der Waals surface area contributed by atoms with Crippen molar-refractivity contribution in [2.45, 2.75) is 38.1 Å². The van der Waals surface area contributed by atoms with Crippen LogP contribution in [0.2, 0.25) is 0 Å². The van der Waals surface area contributed by atoms with E-state index in [9.17, 15) is 0 Å². The lowest BCUT2D eigenvalue weighted by atomic mass is 9.99. The lowest BCUT2D eigenvalue weighted by Crippen LogP contribution is -2.27. The maximum absolute atomic E-state index is 4.89. The van der Waals surface area contributed by atoms with Gasteiger partial charge in [-0.1, -0.05) is 6.07 Å². The normalized spacial score (nSPS) is 23.6. The number of rotatable bonds is 4. The summed E-state index contributed by atoms with van der Waals surface area (Å²) in [4.78, 5) is 11.7. The molecule has 0 bridgehead atoms. The summed E-state index contributed by atoms with van der Waals surface area (Å²) in [5, 5.41) is 6.85. The molecule has 2 aromatic rings. The highest BCUT2D eigenvalue weighted by Gasteiger charge is 2.24. The molecule has 5 heteroatoms. The van der Waals surface area contributed by atoms with Crippen molar-refractivity contribution in [3.63, 3.8) is 0 Å². The first-order valence-corrected chi connectivity index (χ1v) is 8.97. The van der Waals surface area contributed by atoms with E-state index >= 15 is 0 Å². The average molecular weight is 323 g/mol. The molecule has 0 saturated carbocycles. The number of hydrogen-bond donors (Lipinski definition) is 2. The van der Waals surface area contributed by atoms with Gasteiger partial charge < -0.3 is 15.5 Å². The van der Waals surface area contributed by atoms with E-state index in [1.165, 1.54) is 24.8 Å². The minimum Gasteiger partial charge on any atom is -0.354 e. The third kappa shape index (κ3) is 3.22. The summed E-state index contributed by atoms with van der Waals surface area (Å²) >= 11 is 0. The molecule has 2 saturated heterocycles. The molecule has 0 aliphatic carbocycles. The van der Waals surface area contributed by atoms with Gasteiger partial charge in [-0.25, -0.2) is 9.97 Å². The quantitative estimate of drug-likeness (QED) is 0.904. The maximum atomic E-state index is 4.89. The Balaban J connectivity index is 1.67. The Morgan fingerprint density at radius 2 is 2.17 bits per heavy atom. The van der Waals surface area contributed by atoms with Crippen LogP contribution in [0.3, 0.4) is 0 Å². The van der Waals surface area contributed by atoms with Crippen LogP contribution in [-0.2, 0) is 0 Å². The molecule has 2 aromatic heterocycles. The Morgan fingerprint density at radius 1 is 1.21 bits per heavy atom. The Labute approximate surface area is 143 Å². The zero-order chi connectivity index (χ0) is 16.4. The van der Waals surface area contributed by atoms with Gasteiger partial charge >= 0.3 is 0 Å². The molecule has 5 nitrogen and oxygen atoms in total. The predicted molar refractivity (Wildman–Crippen MR) is 98.0 cm³/mol. The van der Waals surface area contributed by atoms with Gasteiger partial charge in [-0.3, -0.25) is 0 Å². The first kappa shape index (κ1) is 15.4. The first-order chi connectivity index (χ1) is 11.8. The van der Waals surface area contributed by atoms with Crippen LogP contribution in [0.4, 0.5) is 17.5 Å². The van der Waals surface area contributed by atoms with Crippen molar-refractivity contribution < 1.29 is 0 Å². The van der Waals surface area contributed by atoms with E-state index in [0.717, 1.165) is 37.1 Å². The molecule has 24 heavy (non-hydrogen) atoms. The minimum atomic E-state index is 0.567. The molecule has 2 atom stereocenters. The number of pyridine rings is 2. The second kappa shape index (κ2) is 6.77. The van der Waals surface area contributed by atoms with Gasteiger partial charge in [-0.15, -0.1) is 0 Å². The van der Waals surface area contributed by atoms with Crippen molar-refractivity contribution >= 4 is 17.5 Å². The van der Waals surface area contributed by atoms with Gasteiger partial charge in [0.05, 0.1) is 0 Å². The maximum Gasteiger partial charge on any atom is 0.134 e. The van der Waals surface area contributed by atoms with Crippen molar-refractivity contribution in [3.8, 4) is 0 Å². The molecular formula is C19H25N5. The fourth-order valence-corrected chi connectivity index (χ4v) is 3.76. The standard InChI is InChI=1S/C19H25N5/c1-14-5-4-10-24(14)19-12-16(15-7-9-20-13-15)11-18(23-19)22-17-6-2-3-8-21-17/h2-3,6,8,11-12,14-15,20H,4-5,7,9-10,13H2,1H3,(H,21,22,23)/t14-,15?/m1/s1. The predicted octanol–water partition coefficient (Wildman–Crippen LogP) is 3.29. The average Bonchev–Trinajstić information content (AvgIpc) is 3.27. The molecule has 1 unspecified atom stereocenters. The molecule has 0 amide bonds. The van der Waals surface area contributed by atoms with Crippen molar-refractivity contribution in [3.05, 3.63) is 42.1 Å². The van der Waals surface area contributed by atoms with E-state index in [-0.39, 0.29) is 0 Å². The summed E-state index contributed by atoms with van der Waals surface area (Å²) in [6.07, 6.45) is 5.50. The van der Waals surface area contributed by atoms with Crippen molar-refractivity contribution in [1.29, 1.82) is 0 Å². The number of anilines is 3. The van der Waals surface area contributed by atoms with Crippen LogP contribution in [0.5, 0.6) is 0 Å². The van der Waals surface area contributed by atoms with Gasteiger partial charge in [0.25, 0.3) is 0 Å². The molecule has 126 valence electrons. The molecule has 2 aliphatic heterocycles. The molecule has 0 spiro atoms. The summed E-state index contributed by atoms with van der Waals surface area (Å²) in [6.45, 7) is 5.56. The zero-order valence-corrected chi connectivity index (χ0v) is 14.2. The molecule has 2 aliphatic rings. The highest BCUT2D eigenvalue weighted by Crippen LogP contribution is 2.31. The van der Waals surface area contributed by atoms with Gasteiger partial charge in [0, 0.05) is 25.3 Å². The number of hydrogen-bond acceptors (Lipinski definition) is 5. The summed E-state index contributed by atoms with van der Waals surface area (Å²) < 4.78 is 0. The summed E-state index contributed by atoms with van der Waals surface area (Å²) in [5.74, 6) is 3.41. The van der Waals surface area contributed by atoms with Crippen LogP contribution in [0, 0.1) is 0 Å². The lowest BCUT2D eigenvalue weighted by molar-refractivity contribution is 0.722. The largest absolute Gasteiger partial charge is 0.354 e. The monoisotopic (exact) mass is 323 g/mol. The summed E-state index contributed by atoms with van der Waals surface area (Å²) in [6, 6.07) is 10.9. The van der Waals surface area contributed by atoms with Gasteiger partial charge in [-0.05, 0) is 68.5 Å². The van der Waals surface area contributed by atoms with Gasteiger partial charge in [0.15, 0.2) is 0 Å². The van der Waals surface area contributed by atoms with Gasteiger partial charge in [0.1, 0.15) is 17.5 Å². The van der Waals surface area contributed by atoms with E-state index in [1.54, 1.807) is 6.20 Å². The zero-order valence-electron chi connectivity index (χ0n) is 14.2. The molecule has 4 heterocycles. The highest BCUT2D eigenvalue weighted by molar-refractivity contribution is 5.58. The fourth-order valence-electron chi connectivity index (χ4n) is 3.76. The van der Waals surface area contributed by atoms with Crippen LogP contribution in [-0.4, -0.2) is 35.6 Å². The molecule has 2 N–H and O–H groups in total. The fraction of sp³-hybridized carbons (Fsp3) is 0.474. The van der Waals surface area contributed by atoms with E-state index in [4.69, 9.17) is 4.98 Å². The number of nitrogens with zero attached hydrogens (tertiary/aromatic N) is 3. The molecule has 0 aromatic carbocycles. The highest BCUT2D eigenvalue weighted by atomic mass is 15.2. The Bertz CT molecular complexity index is 681. The third-order valence-electron chi connectivity index (χ3n) is 5.13. The van der Waals surface area contributed by atoms with Crippen LogP contribution in [0.25, 0.3) is 0 Å². The third-order valence-corrected chi connectivity index (χ3v) is 5.13. The lowest BCUT2D eigenvalue weighted by Gasteiger charge is -2.25. The summed E-state index contributed by atoms with van der Waals surface area (Å²) in [7, 11) is 0. The van der Waals surface area contributed by atoms with E-state index < -0.39 is 0 Å². The van der Waals surface area contributed by atoms with Crippen LogP contribution >= 0.6 is 0 Å².